The number of allylic oxidation sites excluding steroid dienone is 1. The van der Waals surface area contributed by atoms with Gasteiger partial charge in [0.2, 0.25) is 0 Å². The largest absolute Gasteiger partial charge is 0.410 e. The third-order valence-corrected chi connectivity index (χ3v) is 0.164. The molecule has 0 atom stereocenters. The van der Waals surface area contributed by atoms with Gasteiger partial charge in [-0.15, -0.1) is 0 Å². The summed E-state index contributed by atoms with van der Waals surface area (Å²) in [6, 6.07) is 0. The zero-order valence-electron chi connectivity index (χ0n) is 2.71. The van der Waals surface area contributed by atoms with E-state index in [-0.39, 0.29) is 0 Å². The molecule has 0 N–H and O–H groups in total. The number of hydrogen-bond donors (Lipinski definition) is 0. The third kappa shape index (κ3) is 3.53. The lowest BCUT2D eigenvalue weighted by Crippen LogP contribution is -1.98. The normalized spacial score (nSPS) is 11.2. The van der Waals surface area contributed by atoms with Crippen LogP contribution >= 0.6 is 0 Å². The van der Waals surface area contributed by atoms with Crippen molar-refractivity contribution in [3.63, 3.8) is 0 Å². The minimum atomic E-state index is -4.42. The quantitative estimate of drug-likeness (QED) is 0.425. The lowest BCUT2D eigenvalue weighted by atomic mass is 10.6. The average Bonchev–Trinajstić information content (AvgIpc) is 1.35. The van der Waals surface area contributed by atoms with Crippen molar-refractivity contribution in [3.05, 3.63) is 12.7 Å². The molecule has 0 aliphatic heterocycles. The zero-order chi connectivity index (χ0) is 5.21. The number of hydrogen-bond acceptors (Lipinski definition) is 0. The van der Waals surface area contributed by atoms with Gasteiger partial charge in [-0.05, 0) is 6.58 Å². The van der Waals surface area contributed by atoms with Crippen LogP contribution < -0.4 is 0 Å². The van der Waals surface area contributed by atoms with Crippen molar-refractivity contribution in [1.29, 1.82) is 0 Å². The molecule has 0 aromatic rings. The summed E-state index contributed by atoms with van der Waals surface area (Å²) >= 11 is 0. The first-order valence-corrected chi connectivity index (χ1v) is 1.14. The Labute approximate surface area is 33.3 Å². The Morgan fingerprint density at radius 3 is 1.50 bits per heavy atom. The smallest absolute Gasteiger partial charge is 0.167 e. The Bertz CT molecular complexity index is 51.5. The highest BCUT2D eigenvalue weighted by Crippen LogP contribution is 2.13. The molecule has 0 fully saturated rings. The summed E-state index contributed by atoms with van der Waals surface area (Å²) in [4.78, 5) is 0. The fourth-order valence-corrected chi connectivity index (χ4v) is 0. The second-order valence-corrected chi connectivity index (χ2v) is 0.686. The van der Waals surface area contributed by atoms with Crippen LogP contribution in [-0.4, -0.2) is 6.18 Å². The fourth-order valence-electron chi connectivity index (χ4n) is 0. The van der Waals surface area contributed by atoms with E-state index in [1.54, 1.807) is 0 Å². The highest BCUT2D eigenvalue weighted by molar-refractivity contribution is 4.72. The molecule has 0 saturated carbocycles. The van der Waals surface area contributed by atoms with Gasteiger partial charge in [0.1, 0.15) is 0 Å². The van der Waals surface area contributed by atoms with E-state index in [0.29, 0.717) is 0 Å². The molecule has 0 unspecified atom stereocenters. The van der Waals surface area contributed by atoms with Crippen LogP contribution in [-0.2, 0) is 0 Å². The van der Waals surface area contributed by atoms with Gasteiger partial charge < -0.3 is 0 Å². The van der Waals surface area contributed by atoms with E-state index in [4.69, 9.17) is 6.58 Å². The van der Waals surface area contributed by atoms with Crippen molar-refractivity contribution in [1.82, 2.24) is 0 Å². The van der Waals surface area contributed by atoms with Crippen molar-refractivity contribution >= 4 is 0 Å². The molecule has 0 nitrogen and oxygen atoms in total. The molecule has 0 amide bonds. The highest BCUT2D eigenvalue weighted by Gasteiger charge is 2.20. The van der Waals surface area contributed by atoms with Crippen LogP contribution in [0.5, 0.6) is 0 Å². The van der Waals surface area contributed by atoms with Gasteiger partial charge in [0.15, 0.2) is 0 Å². The van der Waals surface area contributed by atoms with Crippen LogP contribution in [0.15, 0.2) is 6.08 Å². The summed E-state index contributed by atoms with van der Waals surface area (Å²) < 4.78 is 31.6. The maximum atomic E-state index is 10.5. The van der Waals surface area contributed by atoms with Crippen molar-refractivity contribution in [2.24, 2.45) is 0 Å². The molecule has 0 aliphatic carbocycles. The molecule has 0 aromatic carbocycles. The molecule has 34 valence electrons. The van der Waals surface area contributed by atoms with Gasteiger partial charge in [-0.3, -0.25) is 0 Å². The van der Waals surface area contributed by atoms with Gasteiger partial charge in [0, 0.05) is 6.08 Å². The first-order valence-electron chi connectivity index (χ1n) is 1.14. The summed E-state index contributed by atoms with van der Waals surface area (Å²) in [5.74, 6) is 0. The predicted molar refractivity (Wildman–Crippen MR) is 13.9 cm³/mol. The lowest BCUT2D eigenvalue weighted by Gasteiger charge is -1.91. The van der Waals surface area contributed by atoms with Crippen LogP contribution in [0.1, 0.15) is 0 Å². The Hall–Kier alpha value is -0.470. The molecular formula is C3HF3. The average molecular weight is 94.0 g/mol. The van der Waals surface area contributed by atoms with Gasteiger partial charge in [0.25, 0.3) is 0 Å². The molecule has 0 rings (SSSR count). The Morgan fingerprint density at radius 1 is 1.33 bits per heavy atom. The van der Waals surface area contributed by atoms with Crippen LogP contribution in [0.2, 0.25) is 0 Å². The molecule has 0 saturated heterocycles. The Kier molecular flexibility index (Phi) is 1.22. The van der Waals surface area contributed by atoms with Crippen molar-refractivity contribution in [2.45, 2.75) is 6.18 Å². The van der Waals surface area contributed by atoms with Gasteiger partial charge in [0.05, 0.1) is 0 Å². The van der Waals surface area contributed by atoms with Crippen LogP contribution in [0, 0.1) is 6.58 Å². The van der Waals surface area contributed by atoms with E-state index < -0.39 is 12.3 Å². The van der Waals surface area contributed by atoms with E-state index in [1.807, 2.05) is 0 Å². The maximum absolute atomic E-state index is 10.5. The number of rotatable bonds is 0. The first-order chi connectivity index (χ1) is 2.56. The number of alkyl halides is 3. The third-order valence-electron chi connectivity index (χ3n) is 0.164. The van der Waals surface area contributed by atoms with Crippen molar-refractivity contribution in [3.8, 4) is 0 Å². The molecular weight excluding hydrogens is 93.0 g/mol. The predicted octanol–water partition coefficient (Wildman–Crippen LogP) is 1.41. The molecule has 3 heteroatoms. The Balaban J connectivity index is 3.45. The summed E-state index contributed by atoms with van der Waals surface area (Å²) in [6.07, 6.45) is -4.98. The fraction of sp³-hybridized carbons (Fsp3) is 0.333. The number of halogens is 3. The van der Waals surface area contributed by atoms with Gasteiger partial charge in [-0.2, -0.15) is 13.2 Å². The molecule has 6 heavy (non-hydrogen) atoms. The SMILES string of the molecule is [C]=CC(F)(F)F. The molecule has 0 spiro atoms. The van der Waals surface area contributed by atoms with Crippen LogP contribution in [0.25, 0.3) is 0 Å². The standard InChI is InChI=1S/C3HF3/c1-2-3(4,5)6/h2H. The minimum absolute atomic E-state index is 0.562. The highest BCUT2D eigenvalue weighted by atomic mass is 19.4. The van der Waals surface area contributed by atoms with Crippen molar-refractivity contribution < 1.29 is 13.2 Å². The van der Waals surface area contributed by atoms with Gasteiger partial charge in [-0.25, -0.2) is 0 Å². The molecule has 0 heterocycles. The second-order valence-electron chi connectivity index (χ2n) is 0.686. The first kappa shape index (κ1) is 5.53. The van der Waals surface area contributed by atoms with E-state index in [1.165, 1.54) is 0 Å². The topological polar surface area (TPSA) is 0 Å². The lowest BCUT2D eigenvalue weighted by molar-refractivity contribution is -0.0798. The van der Waals surface area contributed by atoms with E-state index in [0.717, 1.165) is 0 Å². The van der Waals surface area contributed by atoms with Crippen LogP contribution in [0.3, 0.4) is 0 Å². The molecule has 0 aliphatic rings. The van der Waals surface area contributed by atoms with E-state index in [2.05, 4.69) is 0 Å². The minimum Gasteiger partial charge on any atom is -0.167 e. The summed E-state index contributed by atoms with van der Waals surface area (Å²) in [7, 11) is 0. The second kappa shape index (κ2) is 1.32. The van der Waals surface area contributed by atoms with Gasteiger partial charge >= 0.3 is 6.18 Å². The zero-order valence-corrected chi connectivity index (χ0v) is 2.71. The van der Waals surface area contributed by atoms with E-state index >= 15 is 0 Å². The molecule has 0 aromatic heterocycles. The summed E-state index contributed by atoms with van der Waals surface area (Å²) in [5, 5.41) is 0. The molecule has 2 radical (unpaired) electrons. The van der Waals surface area contributed by atoms with E-state index in [9.17, 15) is 13.2 Å². The molecule has 0 bridgehead atoms. The van der Waals surface area contributed by atoms with Crippen LogP contribution in [0.4, 0.5) is 13.2 Å². The van der Waals surface area contributed by atoms with Crippen molar-refractivity contribution in [2.75, 3.05) is 0 Å². The summed E-state index contributed by atoms with van der Waals surface area (Å²) in [5.41, 5.74) is 0. The monoisotopic (exact) mass is 94.0 g/mol. The van der Waals surface area contributed by atoms with Gasteiger partial charge in [-0.1, -0.05) is 0 Å². The maximum Gasteiger partial charge on any atom is 0.410 e. The summed E-state index contributed by atoms with van der Waals surface area (Å²) in [6.45, 7) is 5.60. The Morgan fingerprint density at radius 2 is 1.50 bits per heavy atom.